The maximum absolute atomic E-state index is 11.8. The number of oxime groups is 1. The molecule has 1 N–H and O–H groups in total. The molecule has 0 aliphatic carbocycles. The van der Waals surface area contributed by atoms with Gasteiger partial charge in [0.2, 0.25) is 0 Å². The molecule has 1 aliphatic rings. The van der Waals surface area contributed by atoms with Crippen LogP contribution in [0.2, 0.25) is 0 Å². The lowest BCUT2D eigenvalue weighted by molar-refractivity contribution is -0.125. The van der Waals surface area contributed by atoms with Gasteiger partial charge in [0, 0.05) is 18.2 Å². The Kier molecular flexibility index (Phi) is 6.87. The standard InChI is InChI=1S/C17H25N3O3/c1-3-20-10-6-8-15(20)12-18-17(21)13-23-19-11-14-7-4-5-9-16(14)22-2/h4-5,7,9,11,15H,3,6,8,10,12-13H2,1-2H3,(H,18,21)/b19-11+/t15-/m0/s1. The number of amides is 1. The second kappa shape index (κ2) is 9.15. The Hall–Kier alpha value is -2.08. The molecule has 0 bridgehead atoms. The van der Waals surface area contributed by atoms with Crippen molar-refractivity contribution < 1.29 is 14.4 Å². The van der Waals surface area contributed by atoms with E-state index in [1.54, 1.807) is 13.3 Å². The predicted molar refractivity (Wildman–Crippen MR) is 89.8 cm³/mol. The summed E-state index contributed by atoms with van der Waals surface area (Å²) >= 11 is 0. The van der Waals surface area contributed by atoms with Crippen LogP contribution in [0.25, 0.3) is 0 Å². The van der Waals surface area contributed by atoms with Crippen molar-refractivity contribution in [3.63, 3.8) is 0 Å². The molecule has 1 fully saturated rings. The van der Waals surface area contributed by atoms with E-state index in [1.807, 2.05) is 24.3 Å². The van der Waals surface area contributed by atoms with E-state index in [9.17, 15) is 4.79 Å². The molecule has 1 aromatic rings. The minimum atomic E-state index is -0.148. The van der Waals surface area contributed by atoms with Crippen LogP contribution in [-0.2, 0) is 9.63 Å². The molecule has 0 radical (unpaired) electrons. The number of hydrogen-bond donors (Lipinski definition) is 1. The van der Waals surface area contributed by atoms with Crippen molar-refractivity contribution in [2.75, 3.05) is 33.4 Å². The number of rotatable bonds is 8. The topological polar surface area (TPSA) is 63.2 Å². The lowest BCUT2D eigenvalue weighted by Crippen LogP contribution is -2.41. The average molecular weight is 319 g/mol. The van der Waals surface area contributed by atoms with Gasteiger partial charge in [0.05, 0.1) is 13.3 Å². The van der Waals surface area contributed by atoms with Gasteiger partial charge in [0.1, 0.15) is 5.75 Å². The molecule has 0 spiro atoms. The van der Waals surface area contributed by atoms with Crippen molar-refractivity contribution in [1.82, 2.24) is 10.2 Å². The zero-order chi connectivity index (χ0) is 16.5. The van der Waals surface area contributed by atoms with Gasteiger partial charge in [-0.25, -0.2) is 0 Å². The fourth-order valence-electron chi connectivity index (χ4n) is 2.79. The zero-order valence-corrected chi connectivity index (χ0v) is 13.8. The minimum Gasteiger partial charge on any atom is -0.496 e. The molecule has 6 heteroatoms. The first-order valence-corrected chi connectivity index (χ1v) is 8.03. The summed E-state index contributed by atoms with van der Waals surface area (Å²) in [7, 11) is 1.60. The molecular formula is C17H25N3O3. The highest BCUT2D eigenvalue weighted by molar-refractivity contribution is 5.83. The first-order chi connectivity index (χ1) is 11.2. The first kappa shape index (κ1) is 17.3. The van der Waals surface area contributed by atoms with Crippen LogP contribution in [0.4, 0.5) is 0 Å². The van der Waals surface area contributed by atoms with E-state index in [-0.39, 0.29) is 12.5 Å². The van der Waals surface area contributed by atoms with E-state index in [2.05, 4.69) is 22.3 Å². The van der Waals surface area contributed by atoms with Crippen LogP contribution in [-0.4, -0.2) is 56.4 Å². The lowest BCUT2D eigenvalue weighted by Gasteiger charge is -2.22. The maximum atomic E-state index is 11.8. The smallest absolute Gasteiger partial charge is 0.260 e. The van der Waals surface area contributed by atoms with Crippen LogP contribution in [0.15, 0.2) is 29.4 Å². The van der Waals surface area contributed by atoms with Gasteiger partial charge in [-0.05, 0) is 38.1 Å². The number of nitrogens with one attached hydrogen (secondary N) is 1. The Morgan fingerprint density at radius 3 is 3.09 bits per heavy atom. The molecule has 1 saturated heterocycles. The van der Waals surface area contributed by atoms with Gasteiger partial charge in [-0.15, -0.1) is 0 Å². The molecule has 0 saturated carbocycles. The lowest BCUT2D eigenvalue weighted by atomic mass is 10.2. The number of benzene rings is 1. The third-order valence-corrected chi connectivity index (χ3v) is 4.04. The fraction of sp³-hybridized carbons (Fsp3) is 0.529. The highest BCUT2D eigenvalue weighted by Crippen LogP contribution is 2.15. The number of methoxy groups -OCH3 is 1. The van der Waals surface area contributed by atoms with Gasteiger partial charge in [0.15, 0.2) is 6.61 Å². The van der Waals surface area contributed by atoms with E-state index in [0.717, 1.165) is 25.1 Å². The van der Waals surface area contributed by atoms with Gasteiger partial charge < -0.3 is 14.9 Å². The first-order valence-electron chi connectivity index (χ1n) is 8.03. The zero-order valence-electron chi connectivity index (χ0n) is 13.8. The summed E-state index contributed by atoms with van der Waals surface area (Å²) < 4.78 is 5.21. The SMILES string of the molecule is CCN1CCC[C@H]1CNC(=O)CO/N=C/c1ccccc1OC. The Balaban J connectivity index is 1.69. The van der Waals surface area contributed by atoms with Crippen LogP contribution in [0.1, 0.15) is 25.3 Å². The Morgan fingerprint density at radius 2 is 2.30 bits per heavy atom. The summed E-state index contributed by atoms with van der Waals surface area (Å²) in [5.74, 6) is 0.565. The molecule has 23 heavy (non-hydrogen) atoms. The van der Waals surface area contributed by atoms with Crippen molar-refractivity contribution in [1.29, 1.82) is 0 Å². The molecule has 0 unspecified atom stereocenters. The second-order valence-corrected chi connectivity index (χ2v) is 5.48. The highest BCUT2D eigenvalue weighted by atomic mass is 16.6. The number of carbonyl (C=O) groups excluding carboxylic acids is 1. The van der Waals surface area contributed by atoms with Crippen molar-refractivity contribution in [3.8, 4) is 5.75 Å². The molecule has 126 valence electrons. The number of hydrogen-bond acceptors (Lipinski definition) is 5. The number of ether oxygens (including phenoxy) is 1. The minimum absolute atomic E-state index is 0.0789. The largest absolute Gasteiger partial charge is 0.496 e. The molecular weight excluding hydrogens is 294 g/mol. The molecule has 1 heterocycles. The summed E-state index contributed by atoms with van der Waals surface area (Å²) in [6.07, 6.45) is 3.89. The average Bonchev–Trinajstić information content (AvgIpc) is 3.04. The Labute approximate surface area is 137 Å². The summed E-state index contributed by atoms with van der Waals surface area (Å²) in [6.45, 7) is 4.89. The highest BCUT2D eigenvalue weighted by Gasteiger charge is 2.22. The van der Waals surface area contributed by atoms with Gasteiger partial charge in [0.25, 0.3) is 5.91 Å². The van der Waals surface area contributed by atoms with E-state index in [0.29, 0.717) is 18.3 Å². The van der Waals surface area contributed by atoms with E-state index < -0.39 is 0 Å². The quantitative estimate of drug-likeness (QED) is 0.584. The monoisotopic (exact) mass is 319 g/mol. The molecule has 1 aromatic carbocycles. The summed E-state index contributed by atoms with van der Waals surface area (Å²) in [6, 6.07) is 7.92. The normalized spacial score (nSPS) is 18.3. The van der Waals surface area contributed by atoms with Crippen LogP contribution >= 0.6 is 0 Å². The number of likely N-dealkylation sites (N-methyl/N-ethyl adjacent to an activating group) is 1. The summed E-state index contributed by atoms with van der Waals surface area (Å²) in [5, 5.41) is 6.73. The Bertz CT molecular complexity index is 534. The van der Waals surface area contributed by atoms with Gasteiger partial charge in [-0.2, -0.15) is 0 Å². The van der Waals surface area contributed by atoms with E-state index in [4.69, 9.17) is 9.57 Å². The molecule has 0 aromatic heterocycles. The second-order valence-electron chi connectivity index (χ2n) is 5.48. The molecule has 1 amide bonds. The fourth-order valence-corrected chi connectivity index (χ4v) is 2.79. The molecule has 2 rings (SSSR count). The van der Waals surface area contributed by atoms with Gasteiger partial charge in [-0.3, -0.25) is 9.69 Å². The van der Waals surface area contributed by atoms with Gasteiger partial charge in [-0.1, -0.05) is 24.2 Å². The van der Waals surface area contributed by atoms with Crippen molar-refractivity contribution in [3.05, 3.63) is 29.8 Å². The van der Waals surface area contributed by atoms with E-state index in [1.165, 1.54) is 6.42 Å². The number of carbonyl (C=O) groups is 1. The van der Waals surface area contributed by atoms with Crippen molar-refractivity contribution >= 4 is 12.1 Å². The van der Waals surface area contributed by atoms with Gasteiger partial charge >= 0.3 is 0 Å². The number of nitrogens with zero attached hydrogens (tertiary/aromatic N) is 2. The third kappa shape index (κ3) is 5.25. The molecule has 1 aliphatic heterocycles. The predicted octanol–water partition coefficient (Wildman–Crippen LogP) is 1.65. The third-order valence-electron chi connectivity index (χ3n) is 4.04. The van der Waals surface area contributed by atoms with Crippen LogP contribution < -0.4 is 10.1 Å². The summed E-state index contributed by atoms with van der Waals surface area (Å²) in [4.78, 5) is 19.2. The van der Waals surface area contributed by atoms with Crippen molar-refractivity contribution in [2.24, 2.45) is 5.16 Å². The number of para-hydroxylation sites is 1. The van der Waals surface area contributed by atoms with E-state index >= 15 is 0 Å². The Morgan fingerprint density at radius 1 is 1.48 bits per heavy atom. The summed E-state index contributed by atoms with van der Waals surface area (Å²) in [5.41, 5.74) is 0.806. The molecule has 6 nitrogen and oxygen atoms in total. The van der Waals surface area contributed by atoms with Crippen LogP contribution in [0, 0.1) is 0 Å². The maximum Gasteiger partial charge on any atom is 0.260 e. The molecule has 1 atom stereocenters. The van der Waals surface area contributed by atoms with Crippen molar-refractivity contribution in [2.45, 2.75) is 25.8 Å². The van der Waals surface area contributed by atoms with Crippen LogP contribution in [0.3, 0.4) is 0 Å². The number of likely N-dealkylation sites (tertiary alicyclic amines) is 1. The van der Waals surface area contributed by atoms with Crippen LogP contribution in [0.5, 0.6) is 5.75 Å².